The molecule has 0 atom stereocenters. The molecule has 156 valence electrons. The molecule has 0 saturated carbocycles. The molecule has 5 nitrogen and oxygen atoms in total. The van der Waals surface area contributed by atoms with E-state index in [2.05, 4.69) is 17.6 Å². The Morgan fingerprint density at radius 3 is 2.33 bits per heavy atom. The predicted octanol–water partition coefficient (Wildman–Crippen LogP) is 5.07. The van der Waals surface area contributed by atoms with Crippen LogP contribution < -0.4 is 20.1 Å². The fraction of sp³-hybridized carbons (Fsp3) is 0.240. The molecule has 2 N–H and O–H groups in total. The van der Waals surface area contributed by atoms with Gasteiger partial charge in [-0.3, -0.25) is 4.79 Å². The fourth-order valence-corrected chi connectivity index (χ4v) is 3.10. The Hall–Kier alpha value is -3.47. The lowest BCUT2D eigenvalue weighted by Gasteiger charge is -2.14. The summed E-state index contributed by atoms with van der Waals surface area (Å²) in [4.78, 5) is 12.4. The Morgan fingerprint density at radius 2 is 1.57 bits per heavy atom. The Labute approximate surface area is 178 Å². The minimum Gasteiger partial charge on any atom is -0.490 e. The SMILES string of the molecule is CCc1cccc(C)c1NC(=O)CNc1cccc(OCCOc2ccccc2)c1. The van der Waals surface area contributed by atoms with Crippen LogP contribution in [0.4, 0.5) is 11.4 Å². The van der Waals surface area contributed by atoms with Gasteiger partial charge in [0.25, 0.3) is 0 Å². The van der Waals surface area contributed by atoms with Crippen LogP contribution in [0.5, 0.6) is 11.5 Å². The zero-order valence-corrected chi connectivity index (χ0v) is 17.5. The van der Waals surface area contributed by atoms with E-state index in [1.807, 2.05) is 79.7 Å². The minimum atomic E-state index is -0.0819. The van der Waals surface area contributed by atoms with Crippen molar-refractivity contribution in [3.05, 3.63) is 83.9 Å². The molecule has 30 heavy (non-hydrogen) atoms. The summed E-state index contributed by atoms with van der Waals surface area (Å²) in [6.07, 6.45) is 0.873. The lowest BCUT2D eigenvalue weighted by Crippen LogP contribution is -2.23. The number of anilines is 2. The van der Waals surface area contributed by atoms with Crippen molar-refractivity contribution in [2.24, 2.45) is 0 Å². The first-order chi connectivity index (χ1) is 14.7. The first kappa shape index (κ1) is 21.2. The lowest BCUT2D eigenvalue weighted by molar-refractivity contribution is -0.114. The molecule has 0 aliphatic carbocycles. The Morgan fingerprint density at radius 1 is 0.867 bits per heavy atom. The first-order valence-electron chi connectivity index (χ1n) is 10.2. The average Bonchev–Trinajstić information content (AvgIpc) is 2.78. The topological polar surface area (TPSA) is 59.6 Å². The maximum atomic E-state index is 12.4. The van der Waals surface area contributed by atoms with E-state index in [1.54, 1.807) is 0 Å². The van der Waals surface area contributed by atoms with Gasteiger partial charge in [0.1, 0.15) is 24.7 Å². The lowest BCUT2D eigenvalue weighted by atomic mass is 10.1. The molecular formula is C25H28N2O3. The zero-order valence-electron chi connectivity index (χ0n) is 17.5. The van der Waals surface area contributed by atoms with Crippen molar-refractivity contribution >= 4 is 17.3 Å². The highest BCUT2D eigenvalue weighted by molar-refractivity contribution is 5.95. The maximum Gasteiger partial charge on any atom is 0.243 e. The highest BCUT2D eigenvalue weighted by Crippen LogP contribution is 2.21. The van der Waals surface area contributed by atoms with Gasteiger partial charge in [0.15, 0.2) is 0 Å². The Kier molecular flexibility index (Phi) is 7.72. The van der Waals surface area contributed by atoms with Crippen molar-refractivity contribution in [3.63, 3.8) is 0 Å². The quantitative estimate of drug-likeness (QED) is 0.464. The van der Waals surface area contributed by atoms with Gasteiger partial charge in [-0.25, -0.2) is 0 Å². The maximum absolute atomic E-state index is 12.4. The molecule has 3 aromatic carbocycles. The summed E-state index contributed by atoms with van der Waals surface area (Å²) in [5.41, 5.74) is 3.93. The van der Waals surface area contributed by atoms with E-state index in [0.717, 1.165) is 40.4 Å². The van der Waals surface area contributed by atoms with Gasteiger partial charge < -0.3 is 20.1 Å². The highest BCUT2D eigenvalue weighted by atomic mass is 16.5. The van der Waals surface area contributed by atoms with Crippen LogP contribution in [0.3, 0.4) is 0 Å². The summed E-state index contributed by atoms with van der Waals surface area (Å²) in [5, 5.41) is 6.18. The van der Waals surface area contributed by atoms with E-state index in [4.69, 9.17) is 9.47 Å². The molecule has 0 aliphatic heterocycles. The van der Waals surface area contributed by atoms with Gasteiger partial charge in [0.05, 0.1) is 6.54 Å². The molecule has 0 aliphatic rings. The third kappa shape index (κ3) is 6.27. The Bertz CT molecular complexity index is 958. The third-order valence-electron chi connectivity index (χ3n) is 4.66. The number of ether oxygens (including phenoxy) is 2. The molecule has 3 aromatic rings. The van der Waals surface area contributed by atoms with Crippen molar-refractivity contribution in [3.8, 4) is 11.5 Å². The number of para-hydroxylation sites is 2. The summed E-state index contributed by atoms with van der Waals surface area (Å²) in [5.74, 6) is 1.47. The summed E-state index contributed by atoms with van der Waals surface area (Å²) in [7, 11) is 0. The molecule has 5 heteroatoms. The fourth-order valence-electron chi connectivity index (χ4n) is 3.10. The van der Waals surface area contributed by atoms with Crippen LogP contribution in [0.25, 0.3) is 0 Å². The molecule has 1 amide bonds. The number of nitrogens with one attached hydrogen (secondary N) is 2. The molecular weight excluding hydrogens is 376 g/mol. The van der Waals surface area contributed by atoms with Crippen molar-refractivity contribution in [2.75, 3.05) is 30.4 Å². The number of carbonyl (C=O) groups is 1. The van der Waals surface area contributed by atoms with Gasteiger partial charge in [0.2, 0.25) is 5.91 Å². The van der Waals surface area contributed by atoms with Crippen LogP contribution in [0, 0.1) is 6.92 Å². The molecule has 0 aromatic heterocycles. The smallest absolute Gasteiger partial charge is 0.243 e. The molecule has 0 fully saturated rings. The van der Waals surface area contributed by atoms with E-state index in [-0.39, 0.29) is 12.5 Å². The van der Waals surface area contributed by atoms with Crippen molar-refractivity contribution in [2.45, 2.75) is 20.3 Å². The second-order valence-electron chi connectivity index (χ2n) is 6.90. The van der Waals surface area contributed by atoms with Crippen LogP contribution in [-0.4, -0.2) is 25.7 Å². The Balaban J connectivity index is 1.46. The second kappa shape index (κ2) is 10.9. The van der Waals surface area contributed by atoms with E-state index in [1.165, 1.54) is 0 Å². The summed E-state index contributed by atoms with van der Waals surface area (Å²) in [6, 6.07) is 23.3. The van der Waals surface area contributed by atoms with Gasteiger partial charge in [-0.1, -0.05) is 49.4 Å². The van der Waals surface area contributed by atoms with Crippen LogP contribution in [-0.2, 0) is 11.2 Å². The van der Waals surface area contributed by atoms with Crippen LogP contribution in [0.1, 0.15) is 18.1 Å². The average molecular weight is 405 g/mol. The third-order valence-corrected chi connectivity index (χ3v) is 4.66. The number of hydrogen-bond donors (Lipinski definition) is 2. The van der Waals surface area contributed by atoms with Crippen LogP contribution in [0.15, 0.2) is 72.8 Å². The number of amides is 1. The van der Waals surface area contributed by atoms with E-state index < -0.39 is 0 Å². The second-order valence-corrected chi connectivity index (χ2v) is 6.90. The first-order valence-corrected chi connectivity index (χ1v) is 10.2. The van der Waals surface area contributed by atoms with E-state index >= 15 is 0 Å². The molecule has 0 unspecified atom stereocenters. The van der Waals surface area contributed by atoms with Gasteiger partial charge in [-0.15, -0.1) is 0 Å². The monoisotopic (exact) mass is 404 g/mol. The molecule has 0 heterocycles. The summed E-state index contributed by atoms with van der Waals surface area (Å²) >= 11 is 0. The molecule has 3 rings (SSSR count). The standard InChI is InChI=1S/C25H28N2O3/c1-3-20-10-7-9-19(2)25(20)27-24(28)18-26-21-11-8-14-23(17-21)30-16-15-29-22-12-5-4-6-13-22/h4-14,17,26H,3,15-16,18H2,1-2H3,(H,27,28). The normalized spacial score (nSPS) is 10.3. The number of hydrogen-bond acceptors (Lipinski definition) is 4. The molecule has 0 spiro atoms. The molecule has 0 bridgehead atoms. The number of rotatable bonds is 10. The van der Waals surface area contributed by atoms with Gasteiger partial charge >= 0.3 is 0 Å². The summed E-state index contributed by atoms with van der Waals surface area (Å²) < 4.78 is 11.4. The number of carbonyl (C=O) groups excluding carboxylic acids is 1. The van der Waals surface area contributed by atoms with Crippen LogP contribution in [0.2, 0.25) is 0 Å². The predicted molar refractivity (Wildman–Crippen MR) is 122 cm³/mol. The summed E-state index contributed by atoms with van der Waals surface area (Å²) in [6.45, 7) is 5.16. The van der Waals surface area contributed by atoms with E-state index in [9.17, 15) is 4.79 Å². The number of benzene rings is 3. The molecule has 0 saturated heterocycles. The van der Waals surface area contributed by atoms with E-state index in [0.29, 0.717) is 13.2 Å². The minimum absolute atomic E-state index is 0.0819. The van der Waals surface area contributed by atoms with Crippen molar-refractivity contribution < 1.29 is 14.3 Å². The van der Waals surface area contributed by atoms with Gasteiger partial charge in [-0.05, 0) is 48.7 Å². The molecule has 0 radical (unpaired) electrons. The van der Waals surface area contributed by atoms with Crippen molar-refractivity contribution in [1.82, 2.24) is 0 Å². The van der Waals surface area contributed by atoms with Gasteiger partial charge in [-0.2, -0.15) is 0 Å². The van der Waals surface area contributed by atoms with Gasteiger partial charge in [0, 0.05) is 17.4 Å². The largest absolute Gasteiger partial charge is 0.490 e. The number of aryl methyl sites for hydroxylation is 2. The highest BCUT2D eigenvalue weighted by Gasteiger charge is 2.08. The zero-order chi connectivity index (χ0) is 21.2. The van der Waals surface area contributed by atoms with Crippen LogP contribution >= 0.6 is 0 Å². The van der Waals surface area contributed by atoms with Crippen molar-refractivity contribution in [1.29, 1.82) is 0 Å².